The molecule has 1 aromatic rings. The molecule has 0 aromatic heterocycles. The zero-order valence-electron chi connectivity index (χ0n) is 6.04. The van der Waals surface area contributed by atoms with Crippen LogP contribution in [0.5, 0.6) is 0 Å². The fraction of sp³-hybridized carbons (Fsp3) is 0.250. The molecular weight excluding hydrogens is 140 g/mol. The number of nitrogens with two attached hydrogens (primary N) is 1. The normalized spacial score (nSPS) is 27.8. The average molecular weight is 150 g/mol. The molecule has 0 saturated heterocycles. The Kier molecular flexibility index (Phi) is 1.19. The van der Waals surface area contributed by atoms with Gasteiger partial charge in [-0.25, -0.2) is 0 Å². The Labute approximate surface area is 64.8 Å². The molecule has 3 heteroatoms. The number of nitrogens with one attached hydrogen (secondary N) is 1. The molecule has 1 atom stereocenters. The standard InChI is InChI=1S/C8H10N2O/c9-8(11)5-10-7-4-2-1-3-6(7)8/h1-4,10-11H,5,9H2. The SMILES string of the molecule is NC1(O)CNc2ccccc21. The summed E-state index contributed by atoms with van der Waals surface area (Å²) < 4.78 is 0. The van der Waals surface area contributed by atoms with Crippen LogP contribution in [0.4, 0.5) is 5.69 Å². The molecule has 0 saturated carbocycles. The van der Waals surface area contributed by atoms with E-state index in [0.717, 1.165) is 11.3 Å². The minimum atomic E-state index is -1.18. The number of rotatable bonds is 0. The predicted octanol–water partition coefficient (Wildman–Crippen LogP) is 0.216. The maximum absolute atomic E-state index is 9.56. The molecule has 0 bridgehead atoms. The van der Waals surface area contributed by atoms with Gasteiger partial charge in [0.1, 0.15) is 0 Å². The molecule has 1 aliphatic heterocycles. The Bertz CT molecular complexity index is 283. The summed E-state index contributed by atoms with van der Waals surface area (Å²) in [5.41, 5.74) is 6.10. The lowest BCUT2D eigenvalue weighted by Gasteiger charge is -2.14. The maximum atomic E-state index is 9.56. The fourth-order valence-corrected chi connectivity index (χ4v) is 1.34. The number of aliphatic hydroxyl groups is 1. The highest BCUT2D eigenvalue weighted by atomic mass is 16.3. The van der Waals surface area contributed by atoms with Gasteiger partial charge in [0.25, 0.3) is 0 Å². The summed E-state index contributed by atoms with van der Waals surface area (Å²) in [6.07, 6.45) is 0. The van der Waals surface area contributed by atoms with Crippen molar-refractivity contribution in [3.63, 3.8) is 0 Å². The number of fused-ring (bicyclic) bond motifs is 1. The van der Waals surface area contributed by atoms with Gasteiger partial charge in [0.2, 0.25) is 0 Å². The maximum Gasteiger partial charge on any atom is 0.159 e. The third kappa shape index (κ3) is 0.895. The zero-order chi connectivity index (χ0) is 7.90. The third-order valence-electron chi connectivity index (χ3n) is 1.94. The van der Waals surface area contributed by atoms with Crippen LogP contribution < -0.4 is 11.1 Å². The van der Waals surface area contributed by atoms with Gasteiger partial charge in [-0.15, -0.1) is 0 Å². The van der Waals surface area contributed by atoms with Crippen molar-refractivity contribution >= 4 is 5.69 Å². The van der Waals surface area contributed by atoms with Gasteiger partial charge < -0.3 is 10.4 Å². The number of benzene rings is 1. The van der Waals surface area contributed by atoms with E-state index < -0.39 is 5.72 Å². The van der Waals surface area contributed by atoms with Crippen LogP contribution in [-0.2, 0) is 5.72 Å². The molecule has 4 N–H and O–H groups in total. The van der Waals surface area contributed by atoms with Gasteiger partial charge in [0.05, 0.1) is 6.54 Å². The van der Waals surface area contributed by atoms with E-state index in [0.29, 0.717) is 6.54 Å². The van der Waals surface area contributed by atoms with Gasteiger partial charge in [-0.1, -0.05) is 18.2 Å². The lowest BCUT2D eigenvalue weighted by Crippen LogP contribution is -2.38. The first-order valence-corrected chi connectivity index (χ1v) is 3.55. The quantitative estimate of drug-likeness (QED) is 0.463. The number of para-hydroxylation sites is 1. The van der Waals surface area contributed by atoms with Gasteiger partial charge >= 0.3 is 0 Å². The molecule has 0 spiro atoms. The first-order valence-electron chi connectivity index (χ1n) is 3.55. The van der Waals surface area contributed by atoms with Gasteiger partial charge in [0, 0.05) is 11.3 Å². The molecule has 1 heterocycles. The zero-order valence-corrected chi connectivity index (χ0v) is 6.04. The van der Waals surface area contributed by atoms with E-state index >= 15 is 0 Å². The lowest BCUT2D eigenvalue weighted by molar-refractivity contribution is 0.0656. The molecule has 1 aromatic carbocycles. The van der Waals surface area contributed by atoms with Crippen LogP contribution in [0.1, 0.15) is 5.56 Å². The predicted molar refractivity (Wildman–Crippen MR) is 43.0 cm³/mol. The largest absolute Gasteiger partial charge is 0.380 e. The van der Waals surface area contributed by atoms with Crippen LogP contribution in [0.3, 0.4) is 0 Å². The second kappa shape index (κ2) is 1.96. The summed E-state index contributed by atoms with van der Waals surface area (Å²) in [5.74, 6) is 0. The number of anilines is 1. The van der Waals surface area contributed by atoms with Crippen molar-refractivity contribution in [1.29, 1.82) is 0 Å². The van der Waals surface area contributed by atoms with Gasteiger partial charge in [-0.2, -0.15) is 0 Å². The highest BCUT2D eigenvalue weighted by Crippen LogP contribution is 2.29. The van der Waals surface area contributed by atoms with E-state index in [-0.39, 0.29) is 0 Å². The van der Waals surface area contributed by atoms with Crippen molar-refractivity contribution in [1.82, 2.24) is 0 Å². The smallest absolute Gasteiger partial charge is 0.159 e. The molecule has 2 rings (SSSR count). The van der Waals surface area contributed by atoms with Crippen molar-refractivity contribution in [3.8, 4) is 0 Å². The third-order valence-corrected chi connectivity index (χ3v) is 1.94. The van der Waals surface area contributed by atoms with Crippen LogP contribution >= 0.6 is 0 Å². The van der Waals surface area contributed by atoms with E-state index in [9.17, 15) is 5.11 Å². The molecule has 3 nitrogen and oxygen atoms in total. The highest BCUT2D eigenvalue weighted by molar-refractivity contribution is 5.58. The van der Waals surface area contributed by atoms with Crippen LogP contribution in [0.25, 0.3) is 0 Å². The highest BCUT2D eigenvalue weighted by Gasteiger charge is 2.31. The Morgan fingerprint density at radius 2 is 2.18 bits per heavy atom. The van der Waals surface area contributed by atoms with E-state index in [1.165, 1.54) is 0 Å². The molecule has 1 aliphatic rings. The fourth-order valence-electron chi connectivity index (χ4n) is 1.34. The van der Waals surface area contributed by atoms with E-state index in [2.05, 4.69) is 5.32 Å². The van der Waals surface area contributed by atoms with Gasteiger partial charge in [0.15, 0.2) is 5.72 Å². The Balaban J connectivity index is 2.56. The summed E-state index contributed by atoms with van der Waals surface area (Å²) in [6, 6.07) is 7.51. The first kappa shape index (κ1) is 6.64. The van der Waals surface area contributed by atoms with Crippen LogP contribution in [0.15, 0.2) is 24.3 Å². The molecular formula is C8H10N2O. The number of β-amino-alcohol motifs (C(OH)–C–C–N with tert-alkyl or cyclic N) is 1. The Morgan fingerprint density at radius 3 is 2.91 bits per heavy atom. The summed E-state index contributed by atoms with van der Waals surface area (Å²) in [7, 11) is 0. The lowest BCUT2D eigenvalue weighted by atomic mass is 10.1. The monoisotopic (exact) mass is 150 g/mol. The molecule has 0 fully saturated rings. The van der Waals surface area contributed by atoms with Crippen LogP contribution in [0.2, 0.25) is 0 Å². The second-order valence-corrected chi connectivity index (χ2v) is 2.82. The molecule has 0 amide bonds. The van der Waals surface area contributed by atoms with Gasteiger partial charge in [-0.3, -0.25) is 5.73 Å². The summed E-state index contributed by atoms with van der Waals surface area (Å²) in [5, 5.41) is 12.6. The summed E-state index contributed by atoms with van der Waals surface area (Å²) >= 11 is 0. The molecule has 0 aliphatic carbocycles. The van der Waals surface area contributed by atoms with E-state index in [4.69, 9.17) is 5.73 Å². The Hall–Kier alpha value is -1.06. The average Bonchev–Trinajstić information content (AvgIpc) is 2.29. The number of hydrogen-bond acceptors (Lipinski definition) is 3. The molecule has 11 heavy (non-hydrogen) atoms. The van der Waals surface area contributed by atoms with Crippen molar-refractivity contribution in [2.24, 2.45) is 5.73 Å². The Morgan fingerprint density at radius 1 is 1.45 bits per heavy atom. The number of hydrogen-bond donors (Lipinski definition) is 3. The van der Waals surface area contributed by atoms with Crippen LogP contribution in [-0.4, -0.2) is 11.7 Å². The molecule has 58 valence electrons. The van der Waals surface area contributed by atoms with Gasteiger partial charge in [-0.05, 0) is 6.07 Å². The van der Waals surface area contributed by atoms with E-state index in [1.54, 1.807) is 0 Å². The van der Waals surface area contributed by atoms with Crippen molar-refractivity contribution in [2.45, 2.75) is 5.72 Å². The minimum Gasteiger partial charge on any atom is -0.380 e. The minimum absolute atomic E-state index is 0.395. The summed E-state index contributed by atoms with van der Waals surface area (Å²) in [4.78, 5) is 0. The molecule has 0 radical (unpaired) electrons. The first-order chi connectivity index (χ1) is 5.20. The second-order valence-electron chi connectivity index (χ2n) is 2.82. The molecule has 1 unspecified atom stereocenters. The van der Waals surface area contributed by atoms with E-state index in [1.807, 2.05) is 24.3 Å². The van der Waals surface area contributed by atoms with Crippen molar-refractivity contribution < 1.29 is 5.11 Å². The van der Waals surface area contributed by atoms with Crippen molar-refractivity contribution in [3.05, 3.63) is 29.8 Å². The van der Waals surface area contributed by atoms with Crippen LogP contribution in [0, 0.1) is 0 Å². The van der Waals surface area contributed by atoms with Crippen molar-refractivity contribution in [2.75, 3.05) is 11.9 Å². The summed E-state index contributed by atoms with van der Waals surface area (Å²) in [6.45, 7) is 0.395. The topological polar surface area (TPSA) is 58.3 Å².